The molecule has 1 amide bonds. The molecular formula is C16H18FNO3. The second-order valence-corrected chi connectivity index (χ2v) is 6.06. The lowest BCUT2D eigenvalue weighted by Gasteiger charge is -2.45. The summed E-state index contributed by atoms with van der Waals surface area (Å²) in [7, 11) is 0. The molecule has 4 rings (SSSR count). The highest BCUT2D eigenvalue weighted by molar-refractivity contribution is 5.95. The zero-order chi connectivity index (χ0) is 15.0. The van der Waals surface area contributed by atoms with Gasteiger partial charge in [-0.15, -0.1) is 0 Å². The number of aliphatic carboxylic acids is 1. The number of carboxylic acids is 1. The number of halogens is 1. The number of hydrogen-bond acceptors (Lipinski definition) is 2. The fourth-order valence-electron chi connectivity index (χ4n) is 3.94. The molecule has 0 heterocycles. The van der Waals surface area contributed by atoms with E-state index in [1.807, 2.05) is 0 Å². The van der Waals surface area contributed by atoms with Gasteiger partial charge in [0.25, 0.3) is 0 Å². The molecule has 112 valence electrons. The summed E-state index contributed by atoms with van der Waals surface area (Å²) in [5.74, 6) is -2.29. The maximum atomic E-state index is 12.9. The first kappa shape index (κ1) is 14.0. The van der Waals surface area contributed by atoms with Gasteiger partial charge in [-0.3, -0.25) is 9.59 Å². The third-order valence-corrected chi connectivity index (χ3v) is 4.92. The molecule has 3 aliphatic rings. The highest BCUT2D eigenvalue weighted by Crippen LogP contribution is 2.49. The normalized spacial score (nSPS) is 30.9. The SMILES string of the molecule is O=C(O)C1C2CCC(CC2)C1C(=O)Nc1ccc(F)cc1. The fraction of sp³-hybridized carbons (Fsp3) is 0.500. The maximum absolute atomic E-state index is 12.9. The molecule has 5 heteroatoms. The highest BCUT2D eigenvalue weighted by atomic mass is 19.1. The average molecular weight is 291 g/mol. The molecule has 2 N–H and O–H groups in total. The number of carbonyl (C=O) groups excluding carboxylic acids is 1. The number of carboxylic acid groups (broad SMARTS) is 1. The molecule has 3 saturated carbocycles. The molecule has 4 nitrogen and oxygen atoms in total. The lowest BCUT2D eigenvalue weighted by molar-refractivity contribution is -0.156. The minimum atomic E-state index is -0.872. The van der Waals surface area contributed by atoms with Crippen LogP contribution in [0, 0.1) is 29.5 Å². The third-order valence-electron chi connectivity index (χ3n) is 4.92. The minimum absolute atomic E-state index is 0.108. The van der Waals surface area contributed by atoms with Crippen molar-refractivity contribution >= 4 is 17.6 Å². The number of benzene rings is 1. The number of amides is 1. The van der Waals surface area contributed by atoms with Gasteiger partial charge in [-0.2, -0.15) is 0 Å². The molecule has 2 atom stereocenters. The van der Waals surface area contributed by atoms with Crippen LogP contribution in [0.5, 0.6) is 0 Å². The quantitative estimate of drug-likeness (QED) is 0.900. The average Bonchev–Trinajstić information content (AvgIpc) is 2.49. The van der Waals surface area contributed by atoms with Crippen LogP contribution in [-0.2, 0) is 9.59 Å². The van der Waals surface area contributed by atoms with Crippen LogP contribution in [0.2, 0.25) is 0 Å². The second-order valence-electron chi connectivity index (χ2n) is 6.06. The highest BCUT2D eigenvalue weighted by Gasteiger charge is 2.50. The van der Waals surface area contributed by atoms with Gasteiger partial charge in [-0.25, -0.2) is 4.39 Å². The van der Waals surface area contributed by atoms with Crippen molar-refractivity contribution in [3.8, 4) is 0 Å². The van der Waals surface area contributed by atoms with Crippen LogP contribution in [0.1, 0.15) is 25.7 Å². The Morgan fingerprint density at radius 1 is 1.00 bits per heavy atom. The van der Waals surface area contributed by atoms with Gasteiger partial charge >= 0.3 is 5.97 Å². The van der Waals surface area contributed by atoms with Crippen LogP contribution in [0.3, 0.4) is 0 Å². The zero-order valence-electron chi connectivity index (χ0n) is 11.6. The van der Waals surface area contributed by atoms with Crippen LogP contribution in [-0.4, -0.2) is 17.0 Å². The molecule has 1 aromatic rings. The Hall–Kier alpha value is -1.91. The van der Waals surface area contributed by atoms with E-state index in [2.05, 4.69) is 5.32 Å². The summed E-state index contributed by atoms with van der Waals surface area (Å²) in [4.78, 5) is 24.0. The Morgan fingerprint density at radius 3 is 2.05 bits per heavy atom. The maximum Gasteiger partial charge on any atom is 0.307 e. The number of rotatable bonds is 3. The molecule has 0 aliphatic heterocycles. The largest absolute Gasteiger partial charge is 0.481 e. The van der Waals surface area contributed by atoms with Crippen molar-refractivity contribution in [2.75, 3.05) is 5.32 Å². The second kappa shape index (κ2) is 5.47. The Bertz CT molecular complexity index is 549. The molecule has 0 saturated heterocycles. The van der Waals surface area contributed by atoms with E-state index in [1.54, 1.807) is 0 Å². The van der Waals surface area contributed by atoms with E-state index in [4.69, 9.17) is 0 Å². The standard InChI is InChI=1S/C16H18FNO3/c17-11-5-7-12(8-6-11)18-15(19)13-9-1-3-10(4-2-9)14(13)16(20)21/h5-10,13-14H,1-4H2,(H,18,19)(H,20,21). The Labute approximate surface area is 122 Å². The van der Waals surface area contributed by atoms with Crippen LogP contribution in [0.15, 0.2) is 24.3 Å². The lowest BCUT2D eigenvalue weighted by atomic mass is 9.58. The predicted molar refractivity (Wildman–Crippen MR) is 75.1 cm³/mol. The van der Waals surface area contributed by atoms with Gasteiger partial charge in [0.05, 0.1) is 11.8 Å². The summed E-state index contributed by atoms with van der Waals surface area (Å²) in [6, 6.07) is 5.53. The van der Waals surface area contributed by atoms with Gasteiger partial charge < -0.3 is 10.4 Å². The predicted octanol–water partition coefficient (Wildman–Crippen LogP) is 2.90. The zero-order valence-corrected chi connectivity index (χ0v) is 11.6. The van der Waals surface area contributed by atoms with Crippen LogP contribution >= 0.6 is 0 Å². The van der Waals surface area contributed by atoms with E-state index < -0.39 is 17.8 Å². The topological polar surface area (TPSA) is 66.4 Å². The molecule has 2 unspecified atom stereocenters. The smallest absolute Gasteiger partial charge is 0.307 e. The first-order valence-corrected chi connectivity index (χ1v) is 7.35. The number of hydrogen-bond donors (Lipinski definition) is 2. The molecule has 1 aromatic carbocycles. The molecule has 0 radical (unpaired) electrons. The van der Waals surface area contributed by atoms with Crippen molar-refractivity contribution in [1.82, 2.24) is 0 Å². The van der Waals surface area contributed by atoms with Crippen molar-refractivity contribution in [2.45, 2.75) is 25.7 Å². The van der Waals surface area contributed by atoms with Crippen molar-refractivity contribution in [3.05, 3.63) is 30.1 Å². The number of anilines is 1. The molecule has 21 heavy (non-hydrogen) atoms. The number of carbonyl (C=O) groups is 2. The van der Waals surface area contributed by atoms with E-state index in [-0.39, 0.29) is 23.6 Å². The van der Waals surface area contributed by atoms with Gasteiger partial charge in [0, 0.05) is 5.69 Å². The Balaban J connectivity index is 1.78. The lowest BCUT2D eigenvalue weighted by Crippen LogP contribution is -2.49. The van der Waals surface area contributed by atoms with Gasteiger partial charge in [-0.1, -0.05) is 0 Å². The molecule has 3 aliphatic carbocycles. The summed E-state index contributed by atoms with van der Waals surface area (Å²) in [5.41, 5.74) is 0.506. The number of fused-ring (bicyclic) bond motifs is 3. The molecular weight excluding hydrogens is 273 g/mol. The number of nitrogens with one attached hydrogen (secondary N) is 1. The van der Waals surface area contributed by atoms with Crippen LogP contribution in [0.25, 0.3) is 0 Å². The van der Waals surface area contributed by atoms with Gasteiger partial charge in [-0.05, 0) is 61.8 Å². The van der Waals surface area contributed by atoms with Crippen molar-refractivity contribution in [1.29, 1.82) is 0 Å². The summed E-state index contributed by atoms with van der Waals surface area (Å²) in [6.07, 6.45) is 3.66. The van der Waals surface area contributed by atoms with Crippen LogP contribution < -0.4 is 5.32 Å². The first-order valence-electron chi connectivity index (χ1n) is 7.35. The summed E-state index contributed by atoms with van der Waals surface area (Å²) >= 11 is 0. The van der Waals surface area contributed by atoms with E-state index >= 15 is 0 Å². The molecule has 0 aromatic heterocycles. The van der Waals surface area contributed by atoms with Crippen molar-refractivity contribution in [3.63, 3.8) is 0 Å². The van der Waals surface area contributed by atoms with Gasteiger partial charge in [0.2, 0.25) is 5.91 Å². The van der Waals surface area contributed by atoms with E-state index in [9.17, 15) is 19.1 Å². The van der Waals surface area contributed by atoms with Crippen molar-refractivity contribution in [2.24, 2.45) is 23.7 Å². The summed E-state index contributed by atoms with van der Waals surface area (Å²) in [5, 5.41) is 12.2. The Morgan fingerprint density at radius 2 is 1.52 bits per heavy atom. The van der Waals surface area contributed by atoms with Crippen LogP contribution in [0.4, 0.5) is 10.1 Å². The molecule has 2 bridgehead atoms. The summed E-state index contributed by atoms with van der Waals surface area (Å²) < 4.78 is 12.9. The van der Waals surface area contributed by atoms with Gasteiger partial charge in [0.1, 0.15) is 5.82 Å². The summed E-state index contributed by atoms with van der Waals surface area (Å²) in [6.45, 7) is 0. The minimum Gasteiger partial charge on any atom is -0.481 e. The van der Waals surface area contributed by atoms with E-state index in [1.165, 1.54) is 24.3 Å². The molecule has 0 spiro atoms. The van der Waals surface area contributed by atoms with Crippen molar-refractivity contribution < 1.29 is 19.1 Å². The first-order chi connectivity index (χ1) is 10.1. The van der Waals surface area contributed by atoms with Gasteiger partial charge in [0.15, 0.2) is 0 Å². The fourth-order valence-corrected chi connectivity index (χ4v) is 3.94. The monoisotopic (exact) mass is 291 g/mol. The van der Waals surface area contributed by atoms with E-state index in [0.29, 0.717) is 5.69 Å². The van der Waals surface area contributed by atoms with E-state index in [0.717, 1.165) is 25.7 Å². The Kier molecular flexibility index (Phi) is 3.66. The third kappa shape index (κ3) is 2.64. The molecule has 3 fully saturated rings.